The molecule has 2 heterocycles. The van der Waals surface area contributed by atoms with Gasteiger partial charge in [0, 0.05) is 18.3 Å². The van der Waals surface area contributed by atoms with Gasteiger partial charge in [-0.05, 0) is 49.9 Å². The third-order valence-electron chi connectivity index (χ3n) is 5.45. The van der Waals surface area contributed by atoms with Gasteiger partial charge in [0.25, 0.3) is 5.56 Å². The van der Waals surface area contributed by atoms with E-state index < -0.39 is 0 Å². The Morgan fingerprint density at radius 2 is 1.83 bits per heavy atom. The number of aromatic nitrogens is 2. The molecule has 0 bridgehead atoms. The van der Waals surface area contributed by atoms with Crippen molar-refractivity contribution in [2.45, 2.75) is 57.1 Å². The minimum Gasteiger partial charge on any atom is -0.308 e. The van der Waals surface area contributed by atoms with Crippen LogP contribution in [-0.2, 0) is 17.8 Å². The molecular weight excluding hydrogens is 394 g/mol. The molecule has 4 rings (SSSR count). The van der Waals surface area contributed by atoms with Gasteiger partial charge >= 0.3 is 0 Å². The fourth-order valence-corrected chi connectivity index (χ4v) is 5.04. The molecule has 1 aromatic heterocycles. The van der Waals surface area contributed by atoms with E-state index in [0.717, 1.165) is 12.1 Å². The molecule has 0 unspecified atom stereocenters. The molecule has 30 heavy (non-hydrogen) atoms. The number of carbonyl (C=O) groups is 1. The summed E-state index contributed by atoms with van der Waals surface area (Å²) in [6.07, 6.45) is 0.867. The van der Waals surface area contributed by atoms with E-state index in [0.29, 0.717) is 28.5 Å². The maximum absolute atomic E-state index is 13.4. The van der Waals surface area contributed by atoms with E-state index in [1.165, 1.54) is 17.3 Å². The summed E-state index contributed by atoms with van der Waals surface area (Å²) in [5.74, 6) is 0.345. The first-order valence-electron chi connectivity index (χ1n) is 10.4. The van der Waals surface area contributed by atoms with Crippen molar-refractivity contribution in [2.24, 2.45) is 5.92 Å². The zero-order chi connectivity index (χ0) is 21.4. The molecule has 156 valence electrons. The lowest BCUT2D eigenvalue weighted by Crippen LogP contribution is -2.40. The monoisotopic (exact) mass is 421 g/mol. The molecule has 3 aromatic rings. The molecule has 0 fully saturated rings. The number of hydrogen-bond donors (Lipinski definition) is 0. The van der Waals surface area contributed by atoms with Gasteiger partial charge in [0.05, 0.1) is 16.2 Å². The Bertz CT molecular complexity index is 1150. The largest absolute Gasteiger partial charge is 0.308 e. The number of benzene rings is 2. The van der Waals surface area contributed by atoms with E-state index in [1.807, 2.05) is 54.3 Å². The van der Waals surface area contributed by atoms with Crippen LogP contribution in [0, 0.1) is 5.92 Å². The Morgan fingerprint density at radius 1 is 1.13 bits per heavy atom. The number of amides is 1. The molecule has 6 heteroatoms. The summed E-state index contributed by atoms with van der Waals surface area (Å²) in [5.41, 5.74) is 2.82. The van der Waals surface area contributed by atoms with Gasteiger partial charge in [-0.3, -0.25) is 14.2 Å². The van der Waals surface area contributed by atoms with Gasteiger partial charge in [-0.15, -0.1) is 0 Å². The fraction of sp³-hybridized carbons (Fsp3) is 0.375. The van der Waals surface area contributed by atoms with Crippen molar-refractivity contribution >= 4 is 34.3 Å². The Labute approximate surface area is 181 Å². The Hall–Kier alpha value is -2.60. The van der Waals surface area contributed by atoms with Crippen molar-refractivity contribution in [1.82, 2.24) is 9.55 Å². The van der Waals surface area contributed by atoms with Crippen molar-refractivity contribution in [2.75, 3.05) is 4.90 Å². The summed E-state index contributed by atoms with van der Waals surface area (Å²) < 4.78 is 1.73. The molecule has 2 atom stereocenters. The van der Waals surface area contributed by atoms with Crippen LogP contribution in [-0.4, -0.2) is 26.8 Å². The van der Waals surface area contributed by atoms with Crippen molar-refractivity contribution < 1.29 is 4.79 Å². The molecule has 0 saturated carbocycles. The lowest BCUT2D eigenvalue weighted by atomic mass is 10.1. The van der Waals surface area contributed by atoms with Gasteiger partial charge in [-0.1, -0.05) is 55.9 Å². The van der Waals surface area contributed by atoms with Gasteiger partial charge in [0.2, 0.25) is 5.91 Å². The van der Waals surface area contributed by atoms with Crippen LogP contribution in [0.2, 0.25) is 0 Å². The van der Waals surface area contributed by atoms with Crippen LogP contribution >= 0.6 is 11.8 Å². The quantitative estimate of drug-likeness (QED) is 0.449. The summed E-state index contributed by atoms with van der Waals surface area (Å²) in [7, 11) is 0. The van der Waals surface area contributed by atoms with Crippen LogP contribution in [0.25, 0.3) is 10.9 Å². The average Bonchev–Trinajstić information content (AvgIpc) is 3.05. The zero-order valence-corrected chi connectivity index (χ0v) is 18.6. The van der Waals surface area contributed by atoms with E-state index in [9.17, 15) is 9.59 Å². The number of fused-ring (bicyclic) bond motifs is 2. The molecule has 5 nitrogen and oxygen atoms in total. The summed E-state index contributed by atoms with van der Waals surface area (Å²) in [5, 5.41) is 0.863. The van der Waals surface area contributed by atoms with E-state index in [4.69, 9.17) is 4.98 Å². The molecule has 0 aliphatic carbocycles. The van der Waals surface area contributed by atoms with Crippen LogP contribution < -0.4 is 10.5 Å². The predicted octanol–water partition coefficient (Wildman–Crippen LogP) is 4.51. The maximum Gasteiger partial charge on any atom is 0.262 e. The highest BCUT2D eigenvalue weighted by molar-refractivity contribution is 8.00. The van der Waals surface area contributed by atoms with Crippen LogP contribution in [0.3, 0.4) is 0 Å². The number of carbonyl (C=O) groups excluding carboxylic acids is 1. The standard InChI is InChI=1S/C24H27N3O2S/c1-15(2)14-26-23(29)19-10-6-7-11-20(19)25-24(26)30-17(4)22(28)27-16(3)13-18-9-5-8-12-21(18)27/h5-12,15-17H,13-14H2,1-4H3/t16-,17+/m0/s1. The number of hydrogen-bond acceptors (Lipinski definition) is 4. The summed E-state index contributed by atoms with van der Waals surface area (Å²) >= 11 is 1.37. The van der Waals surface area contributed by atoms with E-state index in [-0.39, 0.29) is 22.8 Å². The molecule has 1 aliphatic heterocycles. The lowest BCUT2D eigenvalue weighted by Gasteiger charge is -2.26. The lowest BCUT2D eigenvalue weighted by molar-refractivity contribution is -0.118. The topological polar surface area (TPSA) is 55.2 Å². The van der Waals surface area contributed by atoms with Crippen molar-refractivity contribution in [1.29, 1.82) is 0 Å². The third kappa shape index (κ3) is 3.76. The maximum atomic E-state index is 13.4. The van der Waals surface area contributed by atoms with Gasteiger partial charge in [0.1, 0.15) is 0 Å². The van der Waals surface area contributed by atoms with E-state index in [1.54, 1.807) is 4.57 Å². The fourth-order valence-electron chi connectivity index (χ4n) is 4.07. The van der Waals surface area contributed by atoms with Crippen molar-refractivity contribution in [3.05, 3.63) is 64.4 Å². The smallest absolute Gasteiger partial charge is 0.262 e. The highest BCUT2D eigenvalue weighted by Crippen LogP contribution is 2.34. The van der Waals surface area contributed by atoms with Crippen LogP contribution in [0.15, 0.2) is 58.5 Å². The van der Waals surface area contributed by atoms with Crippen LogP contribution in [0.5, 0.6) is 0 Å². The normalized spacial score (nSPS) is 16.8. The first kappa shape index (κ1) is 20.7. The van der Waals surface area contributed by atoms with Crippen molar-refractivity contribution in [3.63, 3.8) is 0 Å². The number of rotatable bonds is 5. The molecule has 1 amide bonds. The minimum atomic E-state index is -0.356. The summed E-state index contributed by atoms with van der Waals surface area (Å²) in [6.45, 7) is 8.71. The highest BCUT2D eigenvalue weighted by Gasteiger charge is 2.34. The number of nitrogens with zero attached hydrogens (tertiary/aromatic N) is 3. The highest BCUT2D eigenvalue weighted by atomic mass is 32.2. The molecule has 1 aliphatic rings. The summed E-state index contributed by atoms with van der Waals surface area (Å²) in [6, 6.07) is 15.6. The molecule has 2 aromatic carbocycles. The Morgan fingerprint density at radius 3 is 2.60 bits per heavy atom. The predicted molar refractivity (Wildman–Crippen MR) is 123 cm³/mol. The average molecular weight is 422 g/mol. The second-order valence-corrected chi connectivity index (χ2v) is 9.68. The molecule has 0 N–H and O–H groups in total. The third-order valence-corrected chi connectivity index (χ3v) is 6.53. The van der Waals surface area contributed by atoms with E-state index >= 15 is 0 Å². The second kappa shape index (κ2) is 8.26. The molecule has 0 spiro atoms. The SMILES string of the molecule is CC(C)Cn1c(S[C@H](C)C(=O)N2c3ccccc3C[C@@H]2C)nc2ccccc2c1=O. The van der Waals surface area contributed by atoms with Gasteiger partial charge < -0.3 is 4.90 Å². The van der Waals surface area contributed by atoms with E-state index in [2.05, 4.69) is 26.8 Å². The first-order chi connectivity index (χ1) is 14.4. The minimum absolute atomic E-state index is 0.0451. The van der Waals surface area contributed by atoms with Crippen molar-refractivity contribution in [3.8, 4) is 0 Å². The zero-order valence-electron chi connectivity index (χ0n) is 17.8. The summed E-state index contributed by atoms with van der Waals surface area (Å²) in [4.78, 5) is 33.2. The van der Waals surface area contributed by atoms with Gasteiger partial charge in [-0.2, -0.15) is 0 Å². The van der Waals surface area contributed by atoms with Gasteiger partial charge in [-0.25, -0.2) is 4.98 Å². The van der Waals surface area contributed by atoms with Gasteiger partial charge in [0.15, 0.2) is 5.16 Å². The number of anilines is 1. The molecule has 0 saturated heterocycles. The molecule has 0 radical (unpaired) electrons. The first-order valence-corrected chi connectivity index (χ1v) is 11.3. The Kier molecular flexibility index (Phi) is 5.69. The second-order valence-electron chi connectivity index (χ2n) is 8.37. The van der Waals surface area contributed by atoms with Crippen LogP contribution in [0.1, 0.15) is 33.3 Å². The number of thioether (sulfide) groups is 1. The number of para-hydroxylation sites is 2. The Balaban J connectivity index is 1.68. The van der Waals surface area contributed by atoms with Crippen LogP contribution in [0.4, 0.5) is 5.69 Å². The molecular formula is C24H27N3O2S.